The first-order chi connectivity index (χ1) is 9.19. The second-order valence-corrected chi connectivity index (χ2v) is 6.55. The Balaban J connectivity index is 1.93. The molecule has 1 aromatic carbocycles. The number of benzene rings is 1. The van der Waals surface area contributed by atoms with Crippen molar-refractivity contribution in [3.8, 4) is 0 Å². The van der Waals surface area contributed by atoms with Gasteiger partial charge in [0.25, 0.3) is 0 Å². The number of aliphatic hydroxyl groups is 1. The van der Waals surface area contributed by atoms with Crippen LogP contribution >= 0.6 is 0 Å². The van der Waals surface area contributed by atoms with Crippen LogP contribution in [0.3, 0.4) is 0 Å². The number of nitrogens with two attached hydrogens (primary N) is 1. The topological polar surface area (TPSA) is 46.2 Å². The van der Waals surface area contributed by atoms with E-state index in [9.17, 15) is 5.11 Å². The van der Waals surface area contributed by atoms with Crippen molar-refractivity contribution in [2.45, 2.75) is 57.0 Å². The fraction of sp³-hybridized carbons (Fsp3) is 0.647. The third-order valence-electron chi connectivity index (χ3n) is 5.48. The quantitative estimate of drug-likeness (QED) is 0.802. The minimum atomic E-state index is -0.558. The second kappa shape index (κ2) is 4.92. The Labute approximate surface area is 116 Å². The van der Waals surface area contributed by atoms with E-state index >= 15 is 0 Å². The summed E-state index contributed by atoms with van der Waals surface area (Å²) in [6, 6.07) is 8.60. The Kier molecular flexibility index (Phi) is 3.40. The average molecular weight is 259 g/mol. The Morgan fingerprint density at radius 1 is 0.947 bits per heavy atom. The molecule has 0 heterocycles. The molecule has 1 fully saturated rings. The summed E-state index contributed by atoms with van der Waals surface area (Å²) in [6.07, 6.45) is 8.58. The minimum absolute atomic E-state index is 0.124. The highest BCUT2D eigenvalue weighted by atomic mass is 16.3. The van der Waals surface area contributed by atoms with Crippen LogP contribution in [0.25, 0.3) is 0 Å². The summed E-state index contributed by atoms with van der Waals surface area (Å²) in [5, 5.41) is 11.3. The first-order valence-electron chi connectivity index (χ1n) is 7.68. The summed E-state index contributed by atoms with van der Waals surface area (Å²) >= 11 is 0. The van der Waals surface area contributed by atoms with Crippen LogP contribution in [0.15, 0.2) is 24.3 Å². The van der Waals surface area contributed by atoms with Crippen molar-refractivity contribution in [3.63, 3.8) is 0 Å². The lowest BCUT2D eigenvalue weighted by Crippen LogP contribution is -2.53. The maximum Gasteiger partial charge on any atom is 0.0722 e. The van der Waals surface area contributed by atoms with Crippen LogP contribution in [0.2, 0.25) is 0 Å². The van der Waals surface area contributed by atoms with E-state index in [4.69, 9.17) is 5.73 Å². The molecule has 0 bridgehead atoms. The van der Waals surface area contributed by atoms with Gasteiger partial charge in [0, 0.05) is 12.0 Å². The van der Waals surface area contributed by atoms with Crippen molar-refractivity contribution in [3.05, 3.63) is 35.4 Å². The normalized spacial score (nSPS) is 24.7. The number of rotatable bonds is 2. The van der Waals surface area contributed by atoms with Crippen LogP contribution in [-0.2, 0) is 12.8 Å². The van der Waals surface area contributed by atoms with Gasteiger partial charge in [0.05, 0.1) is 5.60 Å². The third-order valence-corrected chi connectivity index (χ3v) is 5.48. The number of hydrogen-bond donors (Lipinski definition) is 2. The Morgan fingerprint density at radius 2 is 1.47 bits per heavy atom. The Bertz CT molecular complexity index is 421. The van der Waals surface area contributed by atoms with Crippen molar-refractivity contribution in [2.24, 2.45) is 11.1 Å². The summed E-state index contributed by atoms with van der Waals surface area (Å²) in [5.41, 5.74) is 8.26. The van der Waals surface area contributed by atoms with Crippen LogP contribution in [0.5, 0.6) is 0 Å². The highest BCUT2D eigenvalue weighted by Crippen LogP contribution is 2.49. The van der Waals surface area contributed by atoms with Crippen LogP contribution < -0.4 is 5.73 Å². The maximum atomic E-state index is 11.3. The molecular formula is C17H25NO. The summed E-state index contributed by atoms with van der Waals surface area (Å²) in [4.78, 5) is 0. The summed E-state index contributed by atoms with van der Waals surface area (Å²) < 4.78 is 0. The molecule has 3 rings (SSSR count). The van der Waals surface area contributed by atoms with Gasteiger partial charge in [-0.05, 0) is 36.8 Å². The molecule has 3 N–H and O–H groups in total. The second-order valence-electron chi connectivity index (χ2n) is 6.55. The van der Waals surface area contributed by atoms with Gasteiger partial charge in [-0.2, -0.15) is 0 Å². The Morgan fingerprint density at radius 3 is 1.95 bits per heavy atom. The standard InChI is InChI=1S/C17H25NO/c18-13-16(17(19)9-5-1-2-6-10-17)11-14-7-3-4-8-15(14)12-16/h3-4,7-8,19H,1-2,5-6,9-13,18H2. The van der Waals surface area contributed by atoms with Crippen molar-refractivity contribution in [2.75, 3.05) is 6.54 Å². The van der Waals surface area contributed by atoms with E-state index in [1.807, 2.05) is 0 Å². The van der Waals surface area contributed by atoms with E-state index in [0.717, 1.165) is 38.5 Å². The van der Waals surface area contributed by atoms with Crippen molar-refractivity contribution < 1.29 is 5.11 Å². The predicted octanol–water partition coefficient (Wildman–Crippen LogP) is 2.82. The third kappa shape index (κ3) is 2.11. The van der Waals surface area contributed by atoms with Gasteiger partial charge in [-0.25, -0.2) is 0 Å². The van der Waals surface area contributed by atoms with E-state index in [0.29, 0.717) is 6.54 Å². The van der Waals surface area contributed by atoms with Gasteiger partial charge in [-0.1, -0.05) is 49.9 Å². The molecule has 0 radical (unpaired) electrons. The van der Waals surface area contributed by atoms with E-state index in [-0.39, 0.29) is 5.41 Å². The highest BCUT2D eigenvalue weighted by Gasteiger charge is 2.51. The molecular weight excluding hydrogens is 234 g/mol. The molecule has 0 saturated heterocycles. The van der Waals surface area contributed by atoms with Crippen molar-refractivity contribution >= 4 is 0 Å². The van der Waals surface area contributed by atoms with Gasteiger partial charge in [-0.3, -0.25) is 0 Å². The first-order valence-corrected chi connectivity index (χ1v) is 7.68. The summed E-state index contributed by atoms with van der Waals surface area (Å²) in [7, 11) is 0. The molecule has 2 aliphatic rings. The van der Waals surface area contributed by atoms with Crippen molar-refractivity contribution in [1.29, 1.82) is 0 Å². The molecule has 0 aromatic heterocycles. The molecule has 2 nitrogen and oxygen atoms in total. The summed E-state index contributed by atoms with van der Waals surface area (Å²) in [6.45, 7) is 0.595. The van der Waals surface area contributed by atoms with Gasteiger partial charge in [0.15, 0.2) is 0 Å². The lowest BCUT2D eigenvalue weighted by atomic mass is 9.66. The molecule has 1 aromatic rings. The number of fused-ring (bicyclic) bond motifs is 1. The zero-order valence-electron chi connectivity index (χ0n) is 11.7. The Hall–Kier alpha value is -0.860. The van der Waals surface area contributed by atoms with E-state index < -0.39 is 5.60 Å². The maximum absolute atomic E-state index is 11.3. The average Bonchev–Trinajstić information content (AvgIpc) is 2.69. The smallest absolute Gasteiger partial charge is 0.0722 e. The fourth-order valence-electron chi connectivity index (χ4n) is 4.20. The lowest BCUT2D eigenvalue weighted by molar-refractivity contribution is -0.0876. The van der Waals surface area contributed by atoms with Crippen LogP contribution in [0.4, 0.5) is 0 Å². The van der Waals surface area contributed by atoms with Gasteiger partial charge >= 0.3 is 0 Å². The van der Waals surface area contributed by atoms with E-state index in [1.54, 1.807) is 0 Å². The molecule has 2 aliphatic carbocycles. The molecule has 0 spiro atoms. The molecule has 1 saturated carbocycles. The monoisotopic (exact) mass is 259 g/mol. The van der Waals surface area contributed by atoms with Crippen LogP contribution in [0.1, 0.15) is 49.7 Å². The molecule has 104 valence electrons. The molecule has 0 unspecified atom stereocenters. The number of hydrogen-bond acceptors (Lipinski definition) is 2. The van der Waals surface area contributed by atoms with Gasteiger partial charge < -0.3 is 10.8 Å². The molecule has 2 heteroatoms. The van der Waals surface area contributed by atoms with Gasteiger partial charge in [0.2, 0.25) is 0 Å². The van der Waals surface area contributed by atoms with Crippen molar-refractivity contribution in [1.82, 2.24) is 0 Å². The largest absolute Gasteiger partial charge is 0.389 e. The van der Waals surface area contributed by atoms with Crippen LogP contribution in [0, 0.1) is 5.41 Å². The zero-order valence-corrected chi connectivity index (χ0v) is 11.7. The lowest BCUT2D eigenvalue weighted by Gasteiger charge is -2.44. The highest BCUT2D eigenvalue weighted by molar-refractivity contribution is 5.36. The predicted molar refractivity (Wildman–Crippen MR) is 78.0 cm³/mol. The molecule has 0 amide bonds. The van der Waals surface area contributed by atoms with Gasteiger partial charge in [-0.15, -0.1) is 0 Å². The molecule has 0 aliphatic heterocycles. The SMILES string of the molecule is NCC1(C2(O)CCCCCC2)Cc2ccccc2C1. The van der Waals surface area contributed by atoms with E-state index in [1.165, 1.54) is 24.0 Å². The molecule has 0 atom stereocenters. The minimum Gasteiger partial charge on any atom is -0.389 e. The zero-order chi connectivity index (χ0) is 13.3. The molecule has 19 heavy (non-hydrogen) atoms. The summed E-state index contributed by atoms with van der Waals surface area (Å²) in [5.74, 6) is 0. The fourth-order valence-corrected chi connectivity index (χ4v) is 4.20. The van der Waals surface area contributed by atoms with Crippen LogP contribution in [-0.4, -0.2) is 17.3 Å². The van der Waals surface area contributed by atoms with E-state index in [2.05, 4.69) is 24.3 Å². The first kappa shape index (κ1) is 13.1. The van der Waals surface area contributed by atoms with Gasteiger partial charge in [0.1, 0.15) is 0 Å².